The molecule has 7 heteroatoms. The minimum absolute atomic E-state index is 0.125. The molecule has 2 aromatic heterocycles. The van der Waals surface area contributed by atoms with Crippen molar-refractivity contribution in [3.63, 3.8) is 0 Å². The SMILES string of the molecule is Cc1oc(C(=O)NN)cc1Cn1ccn(C)c1=O. The van der Waals surface area contributed by atoms with Crippen molar-refractivity contribution in [3.05, 3.63) is 46.0 Å². The number of rotatable bonds is 3. The van der Waals surface area contributed by atoms with Crippen molar-refractivity contribution in [2.24, 2.45) is 12.9 Å². The van der Waals surface area contributed by atoms with Gasteiger partial charge in [0.25, 0.3) is 0 Å². The van der Waals surface area contributed by atoms with Gasteiger partial charge in [-0.25, -0.2) is 10.6 Å². The van der Waals surface area contributed by atoms with E-state index >= 15 is 0 Å². The highest BCUT2D eigenvalue weighted by molar-refractivity contribution is 5.91. The third kappa shape index (κ3) is 2.07. The van der Waals surface area contributed by atoms with Gasteiger partial charge in [0.05, 0.1) is 6.54 Å². The summed E-state index contributed by atoms with van der Waals surface area (Å²) in [6, 6.07) is 1.58. The second kappa shape index (κ2) is 4.53. The molecule has 0 aliphatic carbocycles. The highest BCUT2D eigenvalue weighted by atomic mass is 16.4. The minimum atomic E-state index is -0.496. The molecule has 3 N–H and O–H groups in total. The van der Waals surface area contributed by atoms with Gasteiger partial charge >= 0.3 is 11.6 Å². The number of hydrogen-bond acceptors (Lipinski definition) is 4. The van der Waals surface area contributed by atoms with Crippen LogP contribution in [0.25, 0.3) is 0 Å². The molecule has 7 nitrogen and oxygen atoms in total. The van der Waals surface area contributed by atoms with E-state index in [9.17, 15) is 9.59 Å². The average molecular weight is 250 g/mol. The number of nitrogens with one attached hydrogen (secondary N) is 1. The number of hydrazine groups is 1. The van der Waals surface area contributed by atoms with Crippen LogP contribution in [0.1, 0.15) is 21.9 Å². The van der Waals surface area contributed by atoms with Crippen LogP contribution in [-0.2, 0) is 13.6 Å². The fourth-order valence-corrected chi connectivity index (χ4v) is 1.67. The fourth-order valence-electron chi connectivity index (χ4n) is 1.67. The number of aryl methyl sites for hydroxylation is 2. The van der Waals surface area contributed by atoms with Gasteiger partial charge in [-0.05, 0) is 13.0 Å². The van der Waals surface area contributed by atoms with Crippen LogP contribution in [0.5, 0.6) is 0 Å². The van der Waals surface area contributed by atoms with Crippen molar-refractivity contribution >= 4 is 5.91 Å². The molecule has 0 bridgehead atoms. The summed E-state index contributed by atoms with van der Waals surface area (Å²) in [6.07, 6.45) is 3.35. The second-order valence-corrected chi connectivity index (χ2v) is 3.99. The fraction of sp³-hybridized carbons (Fsp3) is 0.273. The first-order chi connectivity index (χ1) is 8.52. The summed E-state index contributed by atoms with van der Waals surface area (Å²) in [6.45, 7) is 2.09. The van der Waals surface area contributed by atoms with Crippen LogP contribution in [0.15, 0.2) is 27.7 Å². The highest BCUT2D eigenvalue weighted by Crippen LogP contribution is 2.15. The molecule has 0 aliphatic rings. The van der Waals surface area contributed by atoms with E-state index in [2.05, 4.69) is 0 Å². The lowest BCUT2D eigenvalue weighted by Gasteiger charge is -1.98. The molecule has 0 atom stereocenters. The Bertz CT molecular complexity index is 635. The van der Waals surface area contributed by atoms with Crippen LogP contribution in [0.4, 0.5) is 0 Å². The first-order valence-corrected chi connectivity index (χ1v) is 5.35. The molecule has 2 aromatic rings. The predicted octanol–water partition coefficient (Wildman–Crippen LogP) is -0.260. The number of imidazole rings is 1. The molecule has 0 fully saturated rings. The number of hydrogen-bond donors (Lipinski definition) is 2. The molecule has 96 valence electrons. The molecule has 2 rings (SSSR count). The van der Waals surface area contributed by atoms with Crippen molar-refractivity contribution in [1.29, 1.82) is 0 Å². The van der Waals surface area contributed by atoms with Crippen LogP contribution in [0.2, 0.25) is 0 Å². The summed E-state index contributed by atoms with van der Waals surface area (Å²) >= 11 is 0. The Morgan fingerprint density at radius 2 is 2.22 bits per heavy atom. The summed E-state index contributed by atoms with van der Waals surface area (Å²) in [7, 11) is 1.67. The smallest absolute Gasteiger partial charge is 0.328 e. The summed E-state index contributed by atoms with van der Waals surface area (Å²) < 4.78 is 8.28. The van der Waals surface area contributed by atoms with Gasteiger partial charge < -0.3 is 8.98 Å². The molecule has 0 aliphatic heterocycles. The zero-order chi connectivity index (χ0) is 13.3. The third-order valence-corrected chi connectivity index (χ3v) is 2.73. The number of furan rings is 1. The summed E-state index contributed by atoms with van der Waals surface area (Å²) in [5.74, 6) is 5.25. The second-order valence-electron chi connectivity index (χ2n) is 3.99. The maximum Gasteiger partial charge on any atom is 0.328 e. The summed E-state index contributed by atoms with van der Waals surface area (Å²) in [4.78, 5) is 23.0. The Kier molecular flexibility index (Phi) is 3.07. The van der Waals surface area contributed by atoms with Gasteiger partial charge in [-0.3, -0.25) is 14.8 Å². The van der Waals surface area contributed by atoms with Gasteiger partial charge in [0.1, 0.15) is 5.76 Å². The van der Waals surface area contributed by atoms with Gasteiger partial charge in [-0.15, -0.1) is 0 Å². The maximum atomic E-state index is 11.7. The molecule has 0 spiro atoms. The minimum Gasteiger partial charge on any atom is -0.456 e. The van der Waals surface area contributed by atoms with E-state index in [1.165, 1.54) is 9.13 Å². The van der Waals surface area contributed by atoms with Crippen molar-refractivity contribution in [2.75, 3.05) is 0 Å². The first-order valence-electron chi connectivity index (χ1n) is 5.35. The largest absolute Gasteiger partial charge is 0.456 e. The number of nitrogens with two attached hydrogens (primary N) is 1. The summed E-state index contributed by atoms with van der Waals surface area (Å²) in [5.41, 5.74) is 2.64. The van der Waals surface area contributed by atoms with Crippen LogP contribution < -0.4 is 17.0 Å². The Hall–Kier alpha value is -2.28. The average Bonchev–Trinajstić information content (AvgIpc) is 2.87. The van der Waals surface area contributed by atoms with E-state index in [1.54, 1.807) is 32.4 Å². The molecular formula is C11H14N4O3. The lowest BCUT2D eigenvalue weighted by molar-refractivity contribution is 0.0924. The molecule has 1 amide bonds. The normalized spacial score (nSPS) is 10.6. The number of aromatic nitrogens is 2. The van der Waals surface area contributed by atoms with Crippen LogP contribution in [0, 0.1) is 6.92 Å². The van der Waals surface area contributed by atoms with Gasteiger partial charge in [-0.2, -0.15) is 0 Å². The topological polar surface area (TPSA) is 95.2 Å². The Morgan fingerprint density at radius 3 is 2.78 bits per heavy atom. The van der Waals surface area contributed by atoms with Crippen molar-refractivity contribution < 1.29 is 9.21 Å². The molecule has 0 unspecified atom stereocenters. The van der Waals surface area contributed by atoms with Crippen LogP contribution >= 0.6 is 0 Å². The predicted molar refractivity (Wildman–Crippen MR) is 63.9 cm³/mol. The Balaban J connectivity index is 2.30. The van der Waals surface area contributed by atoms with E-state index in [0.717, 1.165) is 5.56 Å². The van der Waals surface area contributed by atoms with E-state index < -0.39 is 5.91 Å². The van der Waals surface area contributed by atoms with E-state index in [-0.39, 0.29) is 11.4 Å². The lowest BCUT2D eigenvalue weighted by atomic mass is 10.2. The molecule has 0 saturated carbocycles. The van der Waals surface area contributed by atoms with Gasteiger partial charge in [0, 0.05) is 25.0 Å². The van der Waals surface area contributed by atoms with Crippen LogP contribution in [-0.4, -0.2) is 15.0 Å². The number of nitrogens with zero attached hydrogens (tertiary/aromatic N) is 2. The number of nitrogen functional groups attached to an aromatic ring is 1. The molecule has 0 saturated heterocycles. The number of amides is 1. The standard InChI is InChI=1S/C11H14N4O3/c1-7-8(5-9(18-7)10(16)13-12)6-15-4-3-14(2)11(15)17/h3-5H,6,12H2,1-2H3,(H,13,16). The monoisotopic (exact) mass is 250 g/mol. The molecule has 0 aromatic carbocycles. The Morgan fingerprint density at radius 1 is 1.50 bits per heavy atom. The van der Waals surface area contributed by atoms with E-state index in [4.69, 9.17) is 10.3 Å². The molecule has 2 heterocycles. The zero-order valence-corrected chi connectivity index (χ0v) is 10.1. The highest BCUT2D eigenvalue weighted by Gasteiger charge is 2.14. The quantitative estimate of drug-likeness (QED) is 0.445. The van der Waals surface area contributed by atoms with Crippen LogP contribution in [0.3, 0.4) is 0 Å². The number of carbonyl (C=O) groups excluding carboxylic acids is 1. The molecule has 18 heavy (non-hydrogen) atoms. The third-order valence-electron chi connectivity index (χ3n) is 2.73. The van der Waals surface area contributed by atoms with E-state index in [1.807, 2.05) is 5.43 Å². The summed E-state index contributed by atoms with van der Waals surface area (Å²) in [5, 5.41) is 0. The van der Waals surface area contributed by atoms with Crippen molar-refractivity contribution in [1.82, 2.24) is 14.6 Å². The first kappa shape index (κ1) is 12.2. The van der Waals surface area contributed by atoms with Crippen molar-refractivity contribution in [2.45, 2.75) is 13.5 Å². The maximum absolute atomic E-state index is 11.7. The van der Waals surface area contributed by atoms with E-state index in [0.29, 0.717) is 12.3 Å². The Labute approximate surface area is 103 Å². The lowest BCUT2D eigenvalue weighted by Crippen LogP contribution is -2.29. The molecular weight excluding hydrogens is 236 g/mol. The number of carbonyl (C=O) groups is 1. The zero-order valence-electron chi connectivity index (χ0n) is 10.1. The van der Waals surface area contributed by atoms with Gasteiger partial charge in [0.15, 0.2) is 5.76 Å². The molecule has 0 radical (unpaired) electrons. The van der Waals surface area contributed by atoms with Gasteiger partial charge in [-0.1, -0.05) is 0 Å². The van der Waals surface area contributed by atoms with Gasteiger partial charge in [0.2, 0.25) is 0 Å². The van der Waals surface area contributed by atoms with Crippen molar-refractivity contribution in [3.8, 4) is 0 Å².